The van der Waals surface area contributed by atoms with Crippen LogP contribution in [0, 0.1) is 5.41 Å². The Morgan fingerprint density at radius 2 is 1.82 bits per heavy atom. The number of hydrogen-bond acceptors (Lipinski definition) is 2. The molecule has 0 atom stereocenters. The van der Waals surface area contributed by atoms with Crippen LogP contribution in [0.15, 0.2) is 30.3 Å². The first kappa shape index (κ1) is 11.2. The summed E-state index contributed by atoms with van der Waals surface area (Å²) in [5, 5.41) is 0. The number of rotatable bonds is 2. The zero-order chi connectivity index (χ0) is 11.6. The van der Waals surface area contributed by atoms with Crippen molar-refractivity contribution in [3.63, 3.8) is 0 Å². The normalized spacial score (nSPS) is 24.2. The minimum absolute atomic E-state index is 0.535. The maximum Gasteiger partial charge on any atom is 0.0524 e. The third-order valence-corrected chi connectivity index (χ3v) is 4.35. The topological polar surface area (TPSA) is 12.5 Å². The van der Waals surface area contributed by atoms with Crippen molar-refractivity contribution in [1.29, 1.82) is 0 Å². The summed E-state index contributed by atoms with van der Waals surface area (Å²) in [6.07, 6.45) is 3.92. The van der Waals surface area contributed by atoms with Crippen molar-refractivity contribution < 1.29 is 4.74 Å². The zero-order valence-electron chi connectivity index (χ0n) is 10.4. The van der Waals surface area contributed by atoms with Gasteiger partial charge in [0.2, 0.25) is 0 Å². The Bertz CT molecular complexity index is 346. The number of benzene rings is 1. The zero-order valence-corrected chi connectivity index (χ0v) is 10.4. The highest BCUT2D eigenvalue weighted by Gasteiger charge is 2.37. The number of likely N-dealkylation sites (tertiary alicyclic amines) is 1. The molecule has 1 aromatic rings. The van der Waals surface area contributed by atoms with E-state index in [1.54, 1.807) is 0 Å². The number of nitrogens with zero attached hydrogens (tertiary/aromatic N) is 1. The van der Waals surface area contributed by atoms with Gasteiger partial charge in [-0.25, -0.2) is 0 Å². The first-order valence-corrected chi connectivity index (χ1v) is 6.70. The second kappa shape index (κ2) is 4.79. The monoisotopic (exact) mass is 231 g/mol. The summed E-state index contributed by atoms with van der Waals surface area (Å²) in [6, 6.07) is 10.8. The third kappa shape index (κ3) is 2.53. The van der Waals surface area contributed by atoms with Gasteiger partial charge in [0.1, 0.15) is 0 Å². The van der Waals surface area contributed by atoms with Gasteiger partial charge in [-0.05, 0) is 43.3 Å². The molecule has 0 saturated carbocycles. The lowest BCUT2D eigenvalue weighted by atomic mass is 9.78. The molecule has 3 rings (SSSR count). The average molecular weight is 231 g/mol. The Kier molecular flexibility index (Phi) is 3.17. The van der Waals surface area contributed by atoms with Gasteiger partial charge in [0.15, 0.2) is 0 Å². The fraction of sp³-hybridized carbons (Fsp3) is 0.600. The van der Waals surface area contributed by atoms with Gasteiger partial charge in [0.05, 0.1) is 6.61 Å². The Labute approximate surface area is 104 Å². The van der Waals surface area contributed by atoms with Gasteiger partial charge in [-0.1, -0.05) is 30.3 Å². The van der Waals surface area contributed by atoms with Crippen molar-refractivity contribution in [1.82, 2.24) is 4.90 Å². The molecule has 1 aromatic carbocycles. The highest BCUT2D eigenvalue weighted by Crippen LogP contribution is 2.39. The van der Waals surface area contributed by atoms with E-state index < -0.39 is 0 Å². The molecular weight excluding hydrogens is 210 g/mol. The molecule has 0 radical (unpaired) electrons. The summed E-state index contributed by atoms with van der Waals surface area (Å²) in [4.78, 5) is 2.58. The van der Waals surface area contributed by atoms with Crippen molar-refractivity contribution in [2.24, 2.45) is 5.41 Å². The van der Waals surface area contributed by atoms with E-state index in [0.29, 0.717) is 5.41 Å². The minimum Gasteiger partial charge on any atom is -0.381 e. The molecule has 2 aliphatic rings. The standard InChI is InChI=1S/C15H21NO/c1-2-4-14(5-3-1)12-16-9-6-15(7-10-16)8-11-17-13-15/h1-5H,6-13H2. The SMILES string of the molecule is c1ccc(CN2CCC3(CCOC3)CC2)cc1. The van der Waals surface area contributed by atoms with Crippen LogP contribution in [-0.2, 0) is 11.3 Å². The third-order valence-electron chi connectivity index (χ3n) is 4.35. The molecule has 0 unspecified atom stereocenters. The lowest BCUT2D eigenvalue weighted by molar-refractivity contribution is 0.0773. The molecular formula is C15H21NO. The van der Waals surface area contributed by atoms with Crippen LogP contribution in [0.3, 0.4) is 0 Å². The van der Waals surface area contributed by atoms with E-state index >= 15 is 0 Å². The van der Waals surface area contributed by atoms with Crippen LogP contribution in [0.4, 0.5) is 0 Å². The number of piperidine rings is 1. The van der Waals surface area contributed by atoms with E-state index in [4.69, 9.17) is 4.74 Å². The molecule has 0 aliphatic carbocycles. The van der Waals surface area contributed by atoms with Gasteiger partial charge < -0.3 is 4.74 Å². The number of hydrogen-bond donors (Lipinski definition) is 0. The summed E-state index contributed by atoms with van der Waals surface area (Å²) < 4.78 is 5.57. The van der Waals surface area contributed by atoms with Gasteiger partial charge in [0.25, 0.3) is 0 Å². The van der Waals surface area contributed by atoms with Gasteiger partial charge in [-0.3, -0.25) is 4.90 Å². The molecule has 0 bridgehead atoms. The fourth-order valence-corrected chi connectivity index (χ4v) is 3.07. The van der Waals surface area contributed by atoms with Crippen molar-refractivity contribution in [3.8, 4) is 0 Å². The van der Waals surface area contributed by atoms with E-state index in [-0.39, 0.29) is 0 Å². The summed E-state index contributed by atoms with van der Waals surface area (Å²) in [7, 11) is 0. The maximum absolute atomic E-state index is 5.57. The lowest BCUT2D eigenvalue weighted by Gasteiger charge is -2.38. The minimum atomic E-state index is 0.535. The van der Waals surface area contributed by atoms with E-state index in [1.165, 1.54) is 37.9 Å². The Balaban J connectivity index is 1.55. The van der Waals surface area contributed by atoms with Crippen LogP contribution >= 0.6 is 0 Å². The molecule has 2 fully saturated rings. The molecule has 2 saturated heterocycles. The van der Waals surface area contributed by atoms with Crippen molar-refractivity contribution in [2.45, 2.75) is 25.8 Å². The van der Waals surface area contributed by atoms with Gasteiger partial charge in [-0.15, -0.1) is 0 Å². The van der Waals surface area contributed by atoms with Crippen molar-refractivity contribution in [2.75, 3.05) is 26.3 Å². The Morgan fingerprint density at radius 3 is 2.47 bits per heavy atom. The maximum atomic E-state index is 5.57. The fourth-order valence-electron chi connectivity index (χ4n) is 3.07. The first-order valence-electron chi connectivity index (χ1n) is 6.70. The van der Waals surface area contributed by atoms with Crippen LogP contribution in [0.1, 0.15) is 24.8 Å². The highest BCUT2D eigenvalue weighted by molar-refractivity contribution is 5.14. The summed E-state index contributed by atoms with van der Waals surface area (Å²) in [5.41, 5.74) is 1.97. The largest absolute Gasteiger partial charge is 0.381 e. The van der Waals surface area contributed by atoms with Gasteiger partial charge in [0, 0.05) is 13.2 Å². The molecule has 0 amide bonds. The summed E-state index contributed by atoms with van der Waals surface area (Å²) in [6.45, 7) is 5.57. The average Bonchev–Trinajstić information content (AvgIpc) is 2.83. The Morgan fingerprint density at radius 1 is 1.06 bits per heavy atom. The van der Waals surface area contributed by atoms with E-state index in [9.17, 15) is 0 Å². The molecule has 2 nitrogen and oxygen atoms in total. The molecule has 0 N–H and O–H groups in total. The summed E-state index contributed by atoms with van der Waals surface area (Å²) in [5.74, 6) is 0. The van der Waals surface area contributed by atoms with Crippen LogP contribution < -0.4 is 0 Å². The van der Waals surface area contributed by atoms with Crippen LogP contribution in [0.2, 0.25) is 0 Å². The van der Waals surface area contributed by atoms with E-state index in [1.807, 2.05) is 0 Å². The smallest absolute Gasteiger partial charge is 0.0524 e. The highest BCUT2D eigenvalue weighted by atomic mass is 16.5. The molecule has 1 spiro atoms. The van der Waals surface area contributed by atoms with Gasteiger partial charge >= 0.3 is 0 Å². The molecule has 17 heavy (non-hydrogen) atoms. The molecule has 2 aliphatic heterocycles. The predicted octanol–water partition coefficient (Wildman–Crippen LogP) is 2.69. The van der Waals surface area contributed by atoms with Crippen LogP contribution in [-0.4, -0.2) is 31.2 Å². The van der Waals surface area contributed by atoms with Crippen molar-refractivity contribution >= 4 is 0 Å². The number of ether oxygens (including phenoxy) is 1. The second-order valence-corrected chi connectivity index (χ2v) is 5.56. The Hall–Kier alpha value is -0.860. The van der Waals surface area contributed by atoms with E-state index in [2.05, 4.69) is 35.2 Å². The lowest BCUT2D eigenvalue weighted by Crippen LogP contribution is -2.39. The predicted molar refractivity (Wildman–Crippen MR) is 68.8 cm³/mol. The molecule has 92 valence electrons. The molecule has 2 heteroatoms. The summed E-state index contributed by atoms with van der Waals surface area (Å²) >= 11 is 0. The van der Waals surface area contributed by atoms with E-state index in [0.717, 1.165) is 19.8 Å². The van der Waals surface area contributed by atoms with Crippen molar-refractivity contribution in [3.05, 3.63) is 35.9 Å². The quantitative estimate of drug-likeness (QED) is 0.776. The first-order chi connectivity index (χ1) is 8.36. The second-order valence-electron chi connectivity index (χ2n) is 5.56. The van der Waals surface area contributed by atoms with Gasteiger partial charge in [-0.2, -0.15) is 0 Å². The van der Waals surface area contributed by atoms with Crippen LogP contribution in [0.25, 0.3) is 0 Å². The molecule has 2 heterocycles. The molecule has 0 aromatic heterocycles. The van der Waals surface area contributed by atoms with Crippen LogP contribution in [0.5, 0.6) is 0 Å².